The second-order valence-corrected chi connectivity index (χ2v) is 16.8. The number of aliphatic hydroxyl groups is 1. The number of unbranched alkanes of at least 4 members (excludes halogenated alkanes) is 1. The second kappa shape index (κ2) is 17.0. The number of amides is 1. The summed E-state index contributed by atoms with van der Waals surface area (Å²) >= 11 is 6.43. The van der Waals surface area contributed by atoms with Crippen molar-refractivity contribution in [3.05, 3.63) is 40.2 Å². The molecule has 0 aliphatic carbocycles. The molecule has 3 aliphatic rings. The lowest BCUT2D eigenvalue weighted by Gasteiger charge is -2.40. The van der Waals surface area contributed by atoms with Crippen molar-refractivity contribution in [3.8, 4) is 17.1 Å². The Morgan fingerprint density at radius 2 is 1.86 bits per heavy atom. The van der Waals surface area contributed by atoms with Gasteiger partial charge in [-0.2, -0.15) is 9.97 Å². The third-order valence-corrected chi connectivity index (χ3v) is 11.5. The predicted octanol–water partition coefficient (Wildman–Crippen LogP) is 7.04. The predicted molar refractivity (Wildman–Crippen MR) is 208 cm³/mol. The van der Waals surface area contributed by atoms with Crippen molar-refractivity contribution >= 4 is 46.1 Å². The summed E-state index contributed by atoms with van der Waals surface area (Å²) in [7, 11) is 1.26. The van der Waals surface area contributed by atoms with E-state index in [1.807, 2.05) is 0 Å². The first-order chi connectivity index (χ1) is 26.9. The van der Waals surface area contributed by atoms with E-state index in [9.17, 15) is 19.1 Å². The molecule has 0 bridgehead atoms. The maximum absolute atomic E-state index is 17.1. The number of rotatable bonds is 13. The van der Waals surface area contributed by atoms with Crippen LogP contribution in [0.1, 0.15) is 84.1 Å². The van der Waals surface area contributed by atoms with E-state index in [1.54, 1.807) is 25.7 Å². The molecule has 4 N–H and O–H groups in total. The van der Waals surface area contributed by atoms with E-state index < -0.39 is 68.7 Å². The summed E-state index contributed by atoms with van der Waals surface area (Å²) < 4.78 is 79.6. The number of hydrogen-bond donors (Lipinski definition) is 3. The lowest BCUT2D eigenvalue weighted by atomic mass is 9.89. The van der Waals surface area contributed by atoms with E-state index in [1.165, 1.54) is 7.11 Å². The number of alkyl carbamates (subject to hydrolysis) is 1. The molecule has 2 aromatic carbocycles. The van der Waals surface area contributed by atoms with E-state index in [0.29, 0.717) is 45.2 Å². The smallest absolute Gasteiger partial charge is 0.407 e. The molecular weight excluding hydrogens is 772 g/mol. The van der Waals surface area contributed by atoms with Crippen LogP contribution in [-0.4, -0.2) is 101 Å². The zero-order valence-electron chi connectivity index (χ0n) is 32.8. The fourth-order valence-corrected chi connectivity index (χ4v) is 8.70. The number of nitrogens with zero attached hydrogens (tertiary/aromatic N) is 4. The number of anilines is 2. The highest BCUT2D eigenvalue weighted by Crippen LogP contribution is 2.43. The first-order valence-corrected chi connectivity index (χ1v) is 19.8. The van der Waals surface area contributed by atoms with E-state index in [4.69, 9.17) is 31.5 Å². The quantitative estimate of drug-likeness (QED) is 0.0705. The monoisotopic (exact) mass is 822 g/mol. The fraction of sp³-hybridized carbons (Fsp3) is 0.600. The van der Waals surface area contributed by atoms with Crippen LogP contribution in [0.4, 0.5) is 33.9 Å². The average molecular weight is 823 g/mol. The first-order valence-electron chi connectivity index (χ1n) is 19.4. The number of benzene rings is 2. The molecule has 312 valence electrons. The van der Waals surface area contributed by atoms with E-state index >= 15 is 13.2 Å². The number of halogens is 5. The van der Waals surface area contributed by atoms with Gasteiger partial charge in [0, 0.05) is 44.4 Å². The van der Waals surface area contributed by atoms with Crippen LogP contribution in [0.2, 0.25) is 5.02 Å². The number of alkyl halides is 1. The highest BCUT2D eigenvalue weighted by Gasteiger charge is 2.49. The van der Waals surface area contributed by atoms with Crippen LogP contribution in [0.25, 0.3) is 22.0 Å². The number of hydrogen-bond acceptors (Lipinski definition) is 11. The number of ether oxygens (including phenoxy) is 3. The molecule has 57 heavy (non-hydrogen) atoms. The van der Waals surface area contributed by atoms with Gasteiger partial charge < -0.3 is 35.3 Å². The number of β-amino-alcohol motifs (C(OH)–C–C–N with tert-alkyl or cyclic N) is 1. The van der Waals surface area contributed by atoms with Gasteiger partial charge in [-0.3, -0.25) is 9.69 Å². The van der Waals surface area contributed by atoms with Crippen molar-refractivity contribution in [2.45, 2.75) is 108 Å². The largest absolute Gasteiger partial charge is 0.469 e. The summed E-state index contributed by atoms with van der Waals surface area (Å²) in [6, 6.07) is 1.99. The highest BCUT2D eigenvalue weighted by molar-refractivity contribution is 6.32. The second-order valence-electron chi connectivity index (χ2n) is 16.5. The zero-order valence-corrected chi connectivity index (χ0v) is 33.5. The number of fused-ring (bicyclic) bond motifs is 2. The standard InChI is InChI=1S/C40H51ClF4N6O6/c1-38(2,3)57-37(53)47-14-13-40(54)12-8-15-50(21-40)35-26-17-27(43)30(25-18-28(46)32(44)31(41)24(25)9-5-6-10-29(52)55-4)33(45)34(26)48-36(49-35)56-22-39-11-7-16-51(39)20-23(42)19-39/h17-18,23,54H,5-16,19-22,46H2,1-4H3,(H,47,53)/t23-,39+,40?/m1/s1. The molecule has 3 atom stereocenters. The minimum absolute atomic E-state index is 0.000609. The third-order valence-electron chi connectivity index (χ3n) is 11.1. The molecule has 12 nitrogen and oxygen atoms in total. The summed E-state index contributed by atoms with van der Waals surface area (Å²) in [5.74, 6) is -3.40. The molecule has 1 unspecified atom stereocenters. The summed E-state index contributed by atoms with van der Waals surface area (Å²) in [5, 5.41) is 14.0. The molecule has 3 aromatic rings. The Hall–Kier alpha value is -4.15. The van der Waals surface area contributed by atoms with Gasteiger partial charge in [0.05, 0.1) is 34.5 Å². The number of nitrogens with one attached hydrogen (secondary N) is 1. The van der Waals surface area contributed by atoms with Gasteiger partial charge in [-0.25, -0.2) is 22.4 Å². The molecule has 3 saturated heterocycles. The molecule has 4 heterocycles. The van der Waals surface area contributed by atoms with Crippen molar-refractivity contribution in [2.75, 3.05) is 57.1 Å². The van der Waals surface area contributed by atoms with Gasteiger partial charge in [-0.05, 0) is 102 Å². The number of esters is 1. The number of nitrogens with two attached hydrogens (primary N) is 1. The Balaban J connectivity index is 1.39. The Labute approximate surface area is 334 Å². The van der Waals surface area contributed by atoms with Crippen molar-refractivity contribution in [3.63, 3.8) is 0 Å². The van der Waals surface area contributed by atoms with E-state index in [2.05, 4.69) is 20.2 Å². The maximum atomic E-state index is 17.1. The van der Waals surface area contributed by atoms with Crippen LogP contribution in [0.15, 0.2) is 12.1 Å². The summed E-state index contributed by atoms with van der Waals surface area (Å²) in [6.07, 6.45) is 2.00. The van der Waals surface area contributed by atoms with Crippen LogP contribution < -0.4 is 20.7 Å². The topological polar surface area (TPSA) is 152 Å². The maximum Gasteiger partial charge on any atom is 0.407 e. The third kappa shape index (κ3) is 9.44. The Kier molecular flexibility index (Phi) is 12.6. The average Bonchev–Trinajstić information content (AvgIpc) is 3.67. The van der Waals surface area contributed by atoms with Gasteiger partial charge in [0.25, 0.3) is 0 Å². The molecule has 0 spiro atoms. The first kappa shape index (κ1) is 42.5. The van der Waals surface area contributed by atoms with Crippen molar-refractivity contribution in [2.24, 2.45) is 0 Å². The molecule has 1 amide bonds. The van der Waals surface area contributed by atoms with Crippen LogP contribution in [0, 0.1) is 17.5 Å². The number of piperidine rings is 1. The Morgan fingerprint density at radius 3 is 2.60 bits per heavy atom. The zero-order chi connectivity index (χ0) is 41.3. The molecule has 17 heteroatoms. The number of methoxy groups -OCH3 is 1. The number of carbonyl (C=O) groups is 2. The summed E-state index contributed by atoms with van der Waals surface area (Å²) in [4.78, 5) is 36.9. The fourth-order valence-electron chi connectivity index (χ4n) is 8.39. The van der Waals surface area contributed by atoms with Gasteiger partial charge in [0.2, 0.25) is 0 Å². The minimum Gasteiger partial charge on any atom is -0.469 e. The van der Waals surface area contributed by atoms with Gasteiger partial charge in [-0.1, -0.05) is 11.6 Å². The molecule has 0 radical (unpaired) electrons. The Bertz CT molecular complexity index is 2000. The van der Waals surface area contributed by atoms with Gasteiger partial charge >= 0.3 is 18.1 Å². The van der Waals surface area contributed by atoms with Gasteiger partial charge in [0.1, 0.15) is 35.5 Å². The summed E-state index contributed by atoms with van der Waals surface area (Å²) in [6.45, 7) is 6.73. The number of aromatic nitrogens is 2. The Morgan fingerprint density at radius 1 is 1.11 bits per heavy atom. The minimum atomic E-state index is -1.32. The molecule has 3 aliphatic heterocycles. The van der Waals surface area contributed by atoms with Gasteiger partial charge in [-0.15, -0.1) is 0 Å². The van der Waals surface area contributed by atoms with Crippen LogP contribution in [0.5, 0.6) is 6.01 Å². The molecule has 3 fully saturated rings. The molecular formula is C40H51ClF4N6O6. The molecule has 1 aromatic heterocycles. The lowest BCUT2D eigenvalue weighted by molar-refractivity contribution is -0.140. The SMILES string of the molecule is COC(=O)CCCCc1c(-c2c(F)cc3c(N4CCCC(O)(CCNC(=O)OC(C)(C)C)C4)nc(OC[C@@]45CCCN4C[C@H](F)C5)nc3c2F)cc(N)c(F)c1Cl. The number of nitrogen functional groups attached to an aromatic ring is 1. The highest BCUT2D eigenvalue weighted by atomic mass is 35.5. The number of carbonyl (C=O) groups excluding carboxylic acids is 2. The van der Waals surface area contributed by atoms with Gasteiger partial charge in [0.15, 0.2) is 11.6 Å². The van der Waals surface area contributed by atoms with Crippen LogP contribution in [0.3, 0.4) is 0 Å². The van der Waals surface area contributed by atoms with Crippen LogP contribution in [-0.2, 0) is 20.7 Å². The van der Waals surface area contributed by atoms with Crippen molar-refractivity contribution < 1.29 is 46.5 Å². The van der Waals surface area contributed by atoms with E-state index in [-0.39, 0.29) is 85.8 Å². The van der Waals surface area contributed by atoms with Crippen molar-refractivity contribution in [1.82, 2.24) is 20.2 Å². The summed E-state index contributed by atoms with van der Waals surface area (Å²) in [5.41, 5.74) is 2.09. The normalized spacial score (nSPS) is 22.5. The van der Waals surface area contributed by atoms with E-state index in [0.717, 1.165) is 18.6 Å². The van der Waals surface area contributed by atoms with Crippen molar-refractivity contribution in [1.29, 1.82) is 0 Å². The lowest BCUT2D eigenvalue weighted by Crippen LogP contribution is -2.50. The molecule has 6 rings (SSSR count). The molecule has 0 saturated carbocycles. The van der Waals surface area contributed by atoms with Crippen LogP contribution >= 0.6 is 11.6 Å².